The second-order valence-corrected chi connectivity index (χ2v) is 6.19. The second-order valence-electron chi connectivity index (χ2n) is 6.19. The van der Waals surface area contributed by atoms with E-state index in [1.807, 2.05) is 24.3 Å². The van der Waals surface area contributed by atoms with E-state index >= 15 is 0 Å². The Morgan fingerprint density at radius 3 is 2.75 bits per heavy atom. The molecular weight excluding hydrogens is 294 g/mol. The molecule has 0 amide bonds. The Kier molecular flexibility index (Phi) is 3.58. The van der Waals surface area contributed by atoms with Gasteiger partial charge in [0.05, 0.1) is 11.4 Å². The van der Waals surface area contributed by atoms with Gasteiger partial charge in [-0.25, -0.2) is 4.99 Å². The number of rotatable bonds is 3. The maximum Gasteiger partial charge on any atom is 0.179 e. The van der Waals surface area contributed by atoms with Gasteiger partial charge in [-0.2, -0.15) is 0 Å². The number of aliphatic imine (C=N–C) groups is 1. The van der Waals surface area contributed by atoms with Gasteiger partial charge in [-0.05, 0) is 58.6 Å². The number of carbonyl (C=O) groups excluding carboxylic acids is 1. The molecule has 1 heterocycles. The topological polar surface area (TPSA) is 29.4 Å². The summed E-state index contributed by atoms with van der Waals surface area (Å²) >= 11 is 0. The molecule has 0 bridgehead atoms. The van der Waals surface area contributed by atoms with Gasteiger partial charge in [-0.3, -0.25) is 4.79 Å². The van der Waals surface area contributed by atoms with Crippen LogP contribution in [-0.2, 0) is 17.6 Å². The first-order valence-corrected chi connectivity index (χ1v) is 8.06. The summed E-state index contributed by atoms with van der Waals surface area (Å²) in [6.07, 6.45) is 6.65. The fourth-order valence-corrected chi connectivity index (χ4v) is 3.17. The highest BCUT2D eigenvalue weighted by atomic mass is 16.1. The minimum Gasteiger partial charge on any atom is -0.290 e. The number of fused-ring (bicyclic) bond motifs is 2. The molecule has 2 aliphatic rings. The van der Waals surface area contributed by atoms with Crippen LogP contribution in [0.5, 0.6) is 0 Å². The van der Waals surface area contributed by atoms with Crippen LogP contribution in [-0.4, -0.2) is 11.5 Å². The molecule has 0 fully saturated rings. The maximum atomic E-state index is 11.6. The Morgan fingerprint density at radius 2 is 1.92 bits per heavy atom. The van der Waals surface area contributed by atoms with Crippen molar-refractivity contribution in [2.45, 2.75) is 12.8 Å². The molecule has 1 aliphatic heterocycles. The van der Waals surface area contributed by atoms with Crippen molar-refractivity contribution in [3.63, 3.8) is 0 Å². The summed E-state index contributed by atoms with van der Waals surface area (Å²) in [4.78, 5) is 16.2. The van der Waals surface area contributed by atoms with Gasteiger partial charge in [0.2, 0.25) is 0 Å². The molecule has 0 saturated carbocycles. The Bertz CT molecular complexity index is 930. The van der Waals surface area contributed by atoms with Crippen LogP contribution in [0.1, 0.15) is 16.7 Å². The third-order valence-electron chi connectivity index (χ3n) is 4.42. The molecule has 0 atom stereocenters. The van der Waals surface area contributed by atoms with Gasteiger partial charge < -0.3 is 0 Å². The summed E-state index contributed by atoms with van der Waals surface area (Å²) in [5, 5.41) is 0. The summed E-state index contributed by atoms with van der Waals surface area (Å²) in [5.74, 6) is 0.0426. The van der Waals surface area contributed by atoms with Crippen LogP contribution in [0.15, 0.2) is 83.9 Å². The highest BCUT2D eigenvalue weighted by Crippen LogP contribution is 2.31. The SMILES string of the molecule is C=C(Cc1ccc2c(c1)CC1=CC(=O)C=CC1=N2)c1ccccc1. The Balaban J connectivity index is 1.61. The quantitative estimate of drug-likeness (QED) is 0.760. The van der Waals surface area contributed by atoms with E-state index in [-0.39, 0.29) is 5.78 Å². The minimum atomic E-state index is 0.0426. The smallest absolute Gasteiger partial charge is 0.179 e. The predicted octanol–water partition coefficient (Wildman–Crippen LogP) is 4.64. The van der Waals surface area contributed by atoms with E-state index in [0.717, 1.165) is 35.4 Å². The predicted molar refractivity (Wildman–Crippen MR) is 98.7 cm³/mol. The number of hydrogen-bond acceptors (Lipinski definition) is 2. The third kappa shape index (κ3) is 2.79. The standard InChI is InChI=1S/C22H17NO/c1-15(17-5-3-2-4-6-17)11-16-7-9-21-18(12-16)13-19-14-20(24)8-10-22(19)23-21/h2-10,12,14H,1,11,13H2. The number of ketones is 1. The van der Waals surface area contributed by atoms with Gasteiger partial charge in [-0.15, -0.1) is 0 Å². The van der Waals surface area contributed by atoms with Gasteiger partial charge in [0.1, 0.15) is 0 Å². The van der Waals surface area contributed by atoms with Crippen molar-refractivity contribution in [2.24, 2.45) is 4.99 Å². The van der Waals surface area contributed by atoms with Crippen LogP contribution in [0, 0.1) is 0 Å². The summed E-state index contributed by atoms with van der Waals surface area (Å²) < 4.78 is 0. The lowest BCUT2D eigenvalue weighted by Gasteiger charge is -2.19. The van der Waals surface area contributed by atoms with Crippen LogP contribution in [0.3, 0.4) is 0 Å². The van der Waals surface area contributed by atoms with Crippen LogP contribution in [0.4, 0.5) is 5.69 Å². The fourth-order valence-electron chi connectivity index (χ4n) is 3.17. The molecule has 24 heavy (non-hydrogen) atoms. The van der Waals surface area contributed by atoms with Gasteiger partial charge >= 0.3 is 0 Å². The fraction of sp³-hybridized carbons (Fsp3) is 0.0909. The normalized spacial score (nSPS) is 15.2. The molecule has 2 heteroatoms. The van der Waals surface area contributed by atoms with Gasteiger partial charge in [0.15, 0.2) is 5.78 Å². The molecule has 4 rings (SSSR count). The van der Waals surface area contributed by atoms with Crippen LogP contribution < -0.4 is 0 Å². The van der Waals surface area contributed by atoms with Gasteiger partial charge in [0, 0.05) is 6.42 Å². The first-order chi connectivity index (χ1) is 11.7. The Morgan fingerprint density at radius 1 is 1.08 bits per heavy atom. The first kappa shape index (κ1) is 14.6. The van der Waals surface area contributed by atoms with E-state index in [0.29, 0.717) is 0 Å². The van der Waals surface area contributed by atoms with E-state index in [2.05, 4.69) is 41.9 Å². The van der Waals surface area contributed by atoms with E-state index in [1.165, 1.54) is 16.7 Å². The first-order valence-electron chi connectivity index (χ1n) is 8.06. The summed E-state index contributed by atoms with van der Waals surface area (Å²) in [5.41, 5.74) is 7.57. The van der Waals surface area contributed by atoms with Crippen molar-refractivity contribution in [2.75, 3.05) is 0 Å². The zero-order valence-corrected chi connectivity index (χ0v) is 13.3. The average Bonchev–Trinajstić information content (AvgIpc) is 2.60. The van der Waals surface area contributed by atoms with Crippen molar-refractivity contribution in [1.82, 2.24) is 0 Å². The molecule has 0 spiro atoms. The summed E-state index contributed by atoms with van der Waals surface area (Å²) in [6, 6.07) is 16.6. The molecular formula is C22H17NO. The number of nitrogens with zero attached hydrogens (tertiary/aromatic N) is 1. The molecule has 2 aromatic rings. The minimum absolute atomic E-state index is 0.0426. The molecule has 0 saturated heterocycles. The van der Waals surface area contributed by atoms with Crippen molar-refractivity contribution >= 4 is 22.8 Å². The van der Waals surface area contributed by atoms with Crippen LogP contribution >= 0.6 is 0 Å². The zero-order chi connectivity index (χ0) is 16.5. The molecule has 0 aromatic heterocycles. The number of hydrogen-bond donors (Lipinski definition) is 0. The van der Waals surface area contributed by atoms with Crippen LogP contribution in [0.2, 0.25) is 0 Å². The summed E-state index contributed by atoms with van der Waals surface area (Å²) in [7, 11) is 0. The lowest BCUT2D eigenvalue weighted by Crippen LogP contribution is -2.13. The highest BCUT2D eigenvalue weighted by molar-refractivity contribution is 6.21. The largest absolute Gasteiger partial charge is 0.290 e. The Hall–Kier alpha value is -3.00. The maximum absolute atomic E-state index is 11.6. The van der Waals surface area contributed by atoms with E-state index in [9.17, 15) is 4.79 Å². The van der Waals surface area contributed by atoms with E-state index < -0.39 is 0 Å². The molecule has 0 unspecified atom stereocenters. The molecule has 0 N–H and O–H groups in total. The molecule has 1 aliphatic carbocycles. The third-order valence-corrected chi connectivity index (χ3v) is 4.42. The lowest BCUT2D eigenvalue weighted by atomic mass is 9.90. The Labute approximate surface area is 141 Å². The monoisotopic (exact) mass is 311 g/mol. The van der Waals surface area contributed by atoms with Crippen molar-refractivity contribution in [3.05, 3.63) is 95.6 Å². The van der Waals surface area contributed by atoms with E-state index in [1.54, 1.807) is 12.2 Å². The highest BCUT2D eigenvalue weighted by Gasteiger charge is 2.19. The lowest BCUT2D eigenvalue weighted by molar-refractivity contribution is -0.110. The van der Waals surface area contributed by atoms with Gasteiger partial charge in [-0.1, -0.05) is 49.0 Å². The van der Waals surface area contributed by atoms with Crippen molar-refractivity contribution < 1.29 is 4.79 Å². The van der Waals surface area contributed by atoms with Gasteiger partial charge in [0.25, 0.3) is 0 Å². The van der Waals surface area contributed by atoms with Crippen molar-refractivity contribution in [1.29, 1.82) is 0 Å². The zero-order valence-electron chi connectivity index (χ0n) is 13.3. The number of carbonyl (C=O) groups is 1. The molecule has 2 aromatic carbocycles. The average molecular weight is 311 g/mol. The van der Waals surface area contributed by atoms with E-state index in [4.69, 9.17) is 0 Å². The van der Waals surface area contributed by atoms with Crippen molar-refractivity contribution in [3.8, 4) is 0 Å². The van der Waals surface area contributed by atoms with Crippen LogP contribution in [0.25, 0.3) is 5.57 Å². The molecule has 0 radical (unpaired) electrons. The number of allylic oxidation sites excluding steroid dienone is 5. The number of benzene rings is 2. The second kappa shape index (κ2) is 5.89. The summed E-state index contributed by atoms with van der Waals surface area (Å²) in [6.45, 7) is 4.22. The molecule has 116 valence electrons. The molecule has 2 nitrogen and oxygen atoms in total.